The van der Waals surface area contributed by atoms with Gasteiger partial charge in [0.2, 0.25) is 0 Å². The fourth-order valence-corrected chi connectivity index (χ4v) is 2.43. The first-order chi connectivity index (χ1) is 12.9. The van der Waals surface area contributed by atoms with Gasteiger partial charge in [0.1, 0.15) is 17.2 Å². The van der Waals surface area contributed by atoms with Gasteiger partial charge in [0, 0.05) is 11.1 Å². The lowest BCUT2D eigenvalue weighted by molar-refractivity contribution is -0.386. The van der Waals surface area contributed by atoms with Crippen LogP contribution in [0.25, 0.3) is 23.5 Å². The van der Waals surface area contributed by atoms with E-state index in [-0.39, 0.29) is 22.8 Å². The largest absolute Gasteiger partial charge is 0.545 e. The maximum atomic E-state index is 11.6. The van der Waals surface area contributed by atoms with Gasteiger partial charge in [0.25, 0.3) is 0 Å². The molecule has 3 aromatic rings. The number of aromatic carboxylic acids is 1. The molecule has 0 radical (unpaired) electrons. The molecule has 10 nitrogen and oxygen atoms in total. The second-order valence-electron chi connectivity index (χ2n) is 5.30. The van der Waals surface area contributed by atoms with E-state index < -0.39 is 27.8 Å². The number of carboxylic acids is 1. The van der Waals surface area contributed by atoms with E-state index in [4.69, 9.17) is 4.42 Å². The topological polar surface area (TPSA) is 162 Å². The van der Waals surface area contributed by atoms with Gasteiger partial charge in [-0.2, -0.15) is 0 Å². The highest BCUT2D eigenvalue weighted by Gasteiger charge is 2.19. The summed E-state index contributed by atoms with van der Waals surface area (Å²) in [5, 5.41) is 22.2. The van der Waals surface area contributed by atoms with Crippen LogP contribution in [-0.4, -0.2) is 20.9 Å². The summed E-state index contributed by atoms with van der Waals surface area (Å²) in [6.45, 7) is 0. The smallest absolute Gasteiger partial charge is 0.357 e. The number of hydrogen-bond acceptors (Lipinski definition) is 7. The summed E-state index contributed by atoms with van der Waals surface area (Å²) in [4.78, 5) is 48.1. The SMILES string of the molecule is O=C([O-])c1ccccc1-c1ccc(/C=C/c2[nH]c(=O)[nH]c(=O)c2[N+](=O)[O-])o1. The first kappa shape index (κ1) is 17.6. The molecule has 0 saturated carbocycles. The molecule has 3 rings (SSSR count). The summed E-state index contributed by atoms with van der Waals surface area (Å²) in [6.07, 6.45) is 2.44. The zero-order valence-corrected chi connectivity index (χ0v) is 13.4. The number of furan rings is 1. The second kappa shape index (κ2) is 6.96. The molecule has 0 bridgehead atoms. The Balaban J connectivity index is 1.99. The van der Waals surface area contributed by atoms with E-state index in [0.717, 1.165) is 6.08 Å². The maximum Gasteiger partial charge on any atom is 0.357 e. The molecule has 2 aromatic heterocycles. The molecule has 0 saturated heterocycles. The third-order valence-corrected chi connectivity index (χ3v) is 3.58. The second-order valence-corrected chi connectivity index (χ2v) is 5.30. The molecule has 0 atom stereocenters. The molecule has 0 aliphatic carbocycles. The number of aromatic nitrogens is 2. The third kappa shape index (κ3) is 3.58. The molecule has 0 aliphatic rings. The Morgan fingerprint density at radius 1 is 1.07 bits per heavy atom. The standard InChI is InChI=1S/C17H11N3O7/c21-15-14(20(25)26)12(18-17(24)19-15)7-5-9-6-8-13(27-9)10-3-1-2-4-11(10)16(22)23/h1-8H,(H,22,23)(H2,18,19,21,24)/p-1/b7-5+. The molecule has 2 N–H and O–H groups in total. The number of carbonyl (C=O) groups is 1. The molecule has 0 spiro atoms. The Hall–Kier alpha value is -4.21. The van der Waals surface area contributed by atoms with Crippen molar-refractivity contribution in [3.05, 3.63) is 84.4 Å². The predicted molar refractivity (Wildman–Crippen MR) is 91.7 cm³/mol. The minimum absolute atomic E-state index is 0.0584. The molecule has 27 heavy (non-hydrogen) atoms. The molecule has 0 aliphatic heterocycles. The lowest BCUT2D eigenvalue weighted by Gasteiger charge is -2.07. The Bertz CT molecular complexity index is 1180. The van der Waals surface area contributed by atoms with Crippen LogP contribution in [0, 0.1) is 10.1 Å². The normalized spacial score (nSPS) is 11.0. The molecule has 0 amide bonds. The van der Waals surface area contributed by atoms with Crippen LogP contribution in [0.3, 0.4) is 0 Å². The van der Waals surface area contributed by atoms with Crippen molar-refractivity contribution in [2.45, 2.75) is 0 Å². The molecule has 10 heteroatoms. The number of H-pyrrole nitrogens is 2. The quantitative estimate of drug-likeness (QED) is 0.496. The van der Waals surface area contributed by atoms with Crippen LogP contribution in [0.2, 0.25) is 0 Å². The Morgan fingerprint density at radius 2 is 1.81 bits per heavy atom. The van der Waals surface area contributed by atoms with Gasteiger partial charge in [-0.1, -0.05) is 24.3 Å². The van der Waals surface area contributed by atoms with Gasteiger partial charge in [0.05, 0.1) is 10.9 Å². The summed E-state index contributed by atoms with van der Waals surface area (Å²) in [5.74, 6) is -0.910. The number of rotatable bonds is 5. The average molecular weight is 368 g/mol. The lowest BCUT2D eigenvalue weighted by atomic mass is 10.1. The van der Waals surface area contributed by atoms with E-state index in [1.54, 1.807) is 17.1 Å². The first-order valence-corrected chi connectivity index (χ1v) is 7.46. The number of nitro groups is 1. The van der Waals surface area contributed by atoms with Crippen LogP contribution in [0.15, 0.2) is 50.4 Å². The van der Waals surface area contributed by atoms with E-state index >= 15 is 0 Å². The summed E-state index contributed by atoms with van der Waals surface area (Å²) >= 11 is 0. The van der Waals surface area contributed by atoms with Gasteiger partial charge < -0.3 is 19.3 Å². The minimum Gasteiger partial charge on any atom is -0.545 e. The van der Waals surface area contributed by atoms with Gasteiger partial charge in [-0.15, -0.1) is 0 Å². The van der Waals surface area contributed by atoms with Gasteiger partial charge in [-0.05, 0) is 24.3 Å². The van der Waals surface area contributed by atoms with Gasteiger partial charge >= 0.3 is 16.9 Å². The number of benzene rings is 1. The summed E-state index contributed by atoms with van der Waals surface area (Å²) in [6, 6.07) is 9.08. The number of aromatic amines is 2. The predicted octanol–water partition coefficient (Wildman–Crippen LogP) is 0.765. The summed E-state index contributed by atoms with van der Waals surface area (Å²) < 4.78 is 5.52. The van der Waals surface area contributed by atoms with Crippen LogP contribution in [0.4, 0.5) is 5.69 Å². The molecule has 2 heterocycles. The lowest BCUT2D eigenvalue weighted by Crippen LogP contribution is -2.25. The number of carboxylic acid groups (broad SMARTS) is 1. The molecule has 1 aromatic carbocycles. The van der Waals surface area contributed by atoms with Crippen molar-refractivity contribution < 1.29 is 19.2 Å². The monoisotopic (exact) mass is 368 g/mol. The van der Waals surface area contributed by atoms with Crippen LogP contribution in [-0.2, 0) is 0 Å². The van der Waals surface area contributed by atoms with Crippen molar-refractivity contribution in [1.29, 1.82) is 0 Å². The van der Waals surface area contributed by atoms with E-state index in [2.05, 4.69) is 4.98 Å². The van der Waals surface area contributed by atoms with Gasteiger partial charge in [-0.25, -0.2) is 4.79 Å². The Morgan fingerprint density at radius 3 is 2.52 bits per heavy atom. The van der Waals surface area contributed by atoms with Crippen LogP contribution < -0.4 is 16.4 Å². The molecule has 0 unspecified atom stereocenters. The van der Waals surface area contributed by atoms with Crippen molar-refractivity contribution >= 4 is 23.8 Å². The van der Waals surface area contributed by atoms with E-state index in [0.29, 0.717) is 5.56 Å². The van der Waals surface area contributed by atoms with Gasteiger partial charge in [-0.3, -0.25) is 19.9 Å². The third-order valence-electron chi connectivity index (χ3n) is 3.58. The summed E-state index contributed by atoms with van der Waals surface area (Å²) in [7, 11) is 0. The highest BCUT2D eigenvalue weighted by atomic mass is 16.6. The fraction of sp³-hybridized carbons (Fsp3) is 0. The van der Waals surface area contributed by atoms with Crippen molar-refractivity contribution in [1.82, 2.24) is 9.97 Å². The highest BCUT2D eigenvalue weighted by molar-refractivity contribution is 5.93. The zero-order chi connectivity index (χ0) is 19.6. The minimum atomic E-state index is -1.36. The van der Waals surface area contributed by atoms with Crippen LogP contribution in [0.1, 0.15) is 21.8 Å². The highest BCUT2D eigenvalue weighted by Crippen LogP contribution is 2.26. The van der Waals surface area contributed by atoms with Crippen LogP contribution >= 0.6 is 0 Å². The van der Waals surface area contributed by atoms with E-state index in [1.807, 2.05) is 0 Å². The van der Waals surface area contributed by atoms with E-state index in [9.17, 15) is 29.6 Å². The number of nitrogens with one attached hydrogen (secondary N) is 2. The molecular formula is C17H10N3O7-. The average Bonchev–Trinajstić information content (AvgIpc) is 3.07. The Kier molecular flexibility index (Phi) is 4.54. The van der Waals surface area contributed by atoms with Crippen molar-refractivity contribution in [3.63, 3.8) is 0 Å². The van der Waals surface area contributed by atoms with Crippen molar-refractivity contribution in [2.24, 2.45) is 0 Å². The van der Waals surface area contributed by atoms with Crippen molar-refractivity contribution in [2.75, 3.05) is 0 Å². The zero-order valence-electron chi connectivity index (χ0n) is 13.4. The first-order valence-electron chi connectivity index (χ1n) is 7.46. The molecular weight excluding hydrogens is 358 g/mol. The fourth-order valence-electron chi connectivity index (χ4n) is 2.43. The number of hydrogen-bond donors (Lipinski definition) is 2. The van der Waals surface area contributed by atoms with Crippen molar-refractivity contribution in [3.8, 4) is 11.3 Å². The van der Waals surface area contributed by atoms with Gasteiger partial charge in [0.15, 0.2) is 0 Å². The maximum absolute atomic E-state index is 11.6. The Labute approximate surface area is 149 Å². The molecule has 136 valence electrons. The van der Waals surface area contributed by atoms with E-state index in [1.165, 1.54) is 30.3 Å². The number of nitrogens with zero attached hydrogens (tertiary/aromatic N) is 1. The molecule has 0 fully saturated rings. The summed E-state index contributed by atoms with van der Waals surface area (Å²) in [5.41, 5.74) is -2.91. The van der Waals surface area contributed by atoms with Crippen LogP contribution in [0.5, 0.6) is 0 Å². The number of carbonyl (C=O) groups excluding carboxylic acids is 1.